The fourth-order valence-electron chi connectivity index (χ4n) is 2.95. The van der Waals surface area contributed by atoms with Crippen LogP contribution in [0.1, 0.15) is 5.56 Å². The number of aromatic nitrogens is 2. The molecule has 2 aromatic heterocycles. The molecule has 0 saturated heterocycles. The molecule has 4 aromatic rings. The van der Waals surface area contributed by atoms with Gasteiger partial charge in [0, 0.05) is 46.1 Å². The van der Waals surface area contributed by atoms with Crippen molar-refractivity contribution in [2.75, 3.05) is 5.73 Å². The van der Waals surface area contributed by atoms with Crippen LogP contribution in [-0.4, -0.2) is 9.97 Å². The van der Waals surface area contributed by atoms with Crippen LogP contribution < -0.4 is 10.5 Å². The number of fused-ring (bicyclic) bond motifs is 1. The maximum atomic E-state index is 14.6. The largest absolute Gasteiger partial charge is 0.437 e. The van der Waals surface area contributed by atoms with Crippen molar-refractivity contribution in [3.8, 4) is 22.8 Å². The summed E-state index contributed by atoms with van der Waals surface area (Å²) in [6, 6.07) is 13.0. The van der Waals surface area contributed by atoms with Gasteiger partial charge in [-0.05, 0) is 25.1 Å². The van der Waals surface area contributed by atoms with Crippen LogP contribution in [0, 0.1) is 12.7 Å². The summed E-state index contributed by atoms with van der Waals surface area (Å²) in [5.41, 5.74) is 8.20. The normalized spacial score (nSPS) is 11.0. The molecule has 0 amide bonds. The second-order valence-electron chi connectivity index (χ2n) is 5.79. The molecule has 0 aliphatic carbocycles. The highest BCUT2D eigenvalue weighted by Gasteiger charge is 2.18. The zero-order valence-electron chi connectivity index (χ0n) is 13.6. The lowest BCUT2D eigenvalue weighted by Gasteiger charge is -2.16. The first-order valence-corrected chi connectivity index (χ1v) is 7.89. The van der Waals surface area contributed by atoms with E-state index in [1.165, 1.54) is 0 Å². The minimum Gasteiger partial charge on any atom is -0.437 e. The van der Waals surface area contributed by atoms with Gasteiger partial charge in [-0.1, -0.05) is 24.3 Å². The predicted octanol–water partition coefficient (Wildman–Crippen LogP) is 5.05. The van der Waals surface area contributed by atoms with Gasteiger partial charge in [-0.25, -0.2) is 9.37 Å². The molecule has 0 radical (unpaired) electrons. The molecule has 2 aromatic carbocycles. The van der Waals surface area contributed by atoms with E-state index in [4.69, 9.17) is 10.5 Å². The van der Waals surface area contributed by atoms with Gasteiger partial charge in [-0.3, -0.25) is 0 Å². The second-order valence-corrected chi connectivity index (χ2v) is 5.79. The molecule has 0 atom stereocenters. The molecule has 4 rings (SSSR count). The average Bonchev–Trinajstić information content (AvgIpc) is 3.18. The SMILES string of the molecule is Cc1c(F)c(N)c2ccccc2c1Oc1ncccc1-c1cc[nH]c1. The zero-order chi connectivity index (χ0) is 17.4. The average molecular weight is 333 g/mol. The van der Waals surface area contributed by atoms with Gasteiger partial charge in [0.15, 0.2) is 5.82 Å². The van der Waals surface area contributed by atoms with Crippen molar-refractivity contribution >= 4 is 16.5 Å². The number of rotatable bonds is 3. The zero-order valence-corrected chi connectivity index (χ0v) is 13.6. The van der Waals surface area contributed by atoms with Crippen molar-refractivity contribution in [3.05, 3.63) is 72.4 Å². The van der Waals surface area contributed by atoms with Crippen LogP contribution in [0.25, 0.3) is 21.9 Å². The lowest BCUT2D eigenvalue weighted by atomic mass is 10.0. The Bertz CT molecular complexity index is 1060. The number of H-pyrrole nitrogens is 1. The van der Waals surface area contributed by atoms with E-state index in [1.54, 1.807) is 19.2 Å². The molecule has 0 spiro atoms. The van der Waals surface area contributed by atoms with Gasteiger partial charge < -0.3 is 15.5 Å². The third-order valence-corrected chi connectivity index (χ3v) is 4.25. The molecule has 2 heterocycles. The Hall–Kier alpha value is -3.34. The van der Waals surface area contributed by atoms with Crippen molar-refractivity contribution in [1.29, 1.82) is 0 Å². The Balaban J connectivity index is 1.91. The van der Waals surface area contributed by atoms with Crippen molar-refractivity contribution in [1.82, 2.24) is 9.97 Å². The van der Waals surface area contributed by atoms with Crippen LogP contribution in [-0.2, 0) is 0 Å². The van der Waals surface area contributed by atoms with Crippen LogP contribution in [0.5, 0.6) is 11.6 Å². The maximum Gasteiger partial charge on any atom is 0.227 e. The number of ether oxygens (including phenoxy) is 1. The van der Waals surface area contributed by atoms with E-state index >= 15 is 0 Å². The molecular weight excluding hydrogens is 317 g/mol. The number of hydrogen-bond acceptors (Lipinski definition) is 3. The third kappa shape index (κ3) is 2.50. The molecule has 0 fully saturated rings. The first-order chi connectivity index (χ1) is 12.2. The summed E-state index contributed by atoms with van der Waals surface area (Å²) in [4.78, 5) is 7.36. The molecule has 124 valence electrons. The van der Waals surface area contributed by atoms with E-state index in [-0.39, 0.29) is 5.69 Å². The van der Waals surface area contributed by atoms with Gasteiger partial charge in [0.05, 0.1) is 5.69 Å². The van der Waals surface area contributed by atoms with Crippen molar-refractivity contribution in [2.45, 2.75) is 6.92 Å². The van der Waals surface area contributed by atoms with Gasteiger partial charge >= 0.3 is 0 Å². The second kappa shape index (κ2) is 5.94. The molecule has 0 unspecified atom stereocenters. The first-order valence-electron chi connectivity index (χ1n) is 7.89. The molecule has 0 aliphatic heterocycles. The van der Waals surface area contributed by atoms with Gasteiger partial charge in [0.1, 0.15) is 5.75 Å². The number of aromatic amines is 1. The molecule has 4 nitrogen and oxygen atoms in total. The number of anilines is 1. The van der Waals surface area contributed by atoms with E-state index in [1.807, 2.05) is 48.8 Å². The summed E-state index contributed by atoms with van der Waals surface area (Å²) in [6.07, 6.45) is 5.34. The quantitative estimate of drug-likeness (QED) is 0.516. The fraction of sp³-hybridized carbons (Fsp3) is 0.0500. The van der Waals surface area contributed by atoms with Crippen LogP contribution in [0.2, 0.25) is 0 Å². The lowest BCUT2D eigenvalue weighted by Crippen LogP contribution is -2.00. The number of nitrogen functional groups attached to an aromatic ring is 1. The van der Waals surface area contributed by atoms with E-state index in [9.17, 15) is 4.39 Å². The number of nitrogens with zero attached hydrogens (tertiary/aromatic N) is 1. The maximum absolute atomic E-state index is 14.6. The Kier molecular flexibility index (Phi) is 3.61. The van der Waals surface area contributed by atoms with Crippen LogP contribution in [0.3, 0.4) is 0 Å². The van der Waals surface area contributed by atoms with E-state index in [0.29, 0.717) is 22.6 Å². The third-order valence-electron chi connectivity index (χ3n) is 4.25. The summed E-state index contributed by atoms with van der Waals surface area (Å²) in [7, 11) is 0. The predicted molar refractivity (Wildman–Crippen MR) is 97.2 cm³/mol. The van der Waals surface area contributed by atoms with E-state index < -0.39 is 5.82 Å². The Morgan fingerprint density at radius 3 is 2.64 bits per heavy atom. The van der Waals surface area contributed by atoms with Crippen LogP contribution in [0.4, 0.5) is 10.1 Å². The van der Waals surface area contributed by atoms with Crippen molar-refractivity contribution in [3.63, 3.8) is 0 Å². The van der Waals surface area contributed by atoms with Gasteiger partial charge in [-0.15, -0.1) is 0 Å². The standard InChI is InChI=1S/C20H16FN3O/c1-12-17(21)18(22)15-5-2-3-6-16(15)19(12)25-20-14(7-4-9-24-20)13-8-10-23-11-13/h2-11,23H,22H2,1H3. The molecule has 0 aliphatic rings. The smallest absolute Gasteiger partial charge is 0.227 e. The Morgan fingerprint density at radius 1 is 1.08 bits per heavy atom. The van der Waals surface area contributed by atoms with Gasteiger partial charge in [0.25, 0.3) is 0 Å². The Labute approximate surface area is 144 Å². The van der Waals surface area contributed by atoms with Crippen LogP contribution in [0.15, 0.2) is 61.1 Å². The summed E-state index contributed by atoms with van der Waals surface area (Å²) in [5, 5.41) is 1.38. The number of halogens is 1. The summed E-state index contributed by atoms with van der Waals surface area (Å²) >= 11 is 0. The topological polar surface area (TPSA) is 63.9 Å². The Morgan fingerprint density at radius 2 is 1.88 bits per heavy atom. The molecule has 3 N–H and O–H groups in total. The molecule has 0 saturated carbocycles. The lowest BCUT2D eigenvalue weighted by molar-refractivity contribution is 0.461. The van der Waals surface area contributed by atoms with Gasteiger partial charge in [-0.2, -0.15) is 0 Å². The number of nitrogens with two attached hydrogens (primary N) is 1. The number of hydrogen-bond donors (Lipinski definition) is 2. The molecular formula is C20H16FN3O. The fourth-order valence-corrected chi connectivity index (χ4v) is 2.95. The summed E-state index contributed by atoms with van der Waals surface area (Å²) < 4.78 is 20.7. The summed E-state index contributed by atoms with van der Waals surface area (Å²) in [6.45, 7) is 1.66. The number of nitrogens with one attached hydrogen (secondary N) is 1. The van der Waals surface area contributed by atoms with Gasteiger partial charge in [0.2, 0.25) is 5.88 Å². The summed E-state index contributed by atoms with van der Waals surface area (Å²) in [5.74, 6) is 0.380. The minimum absolute atomic E-state index is 0.132. The number of benzene rings is 2. The van der Waals surface area contributed by atoms with E-state index in [2.05, 4.69) is 9.97 Å². The van der Waals surface area contributed by atoms with E-state index in [0.717, 1.165) is 16.5 Å². The highest BCUT2D eigenvalue weighted by atomic mass is 19.1. The minimum atomic E-state index is -0.465. The monoisotopic (exact) mass is 333 g/mol. The molecule has 25 heavy (non-hydrogen) atoms. The highest BCUT2D eigenvalue weighted by molar-refractivity contribution is 5.98. The highest BCUT2D eigenvalue weighted by Crippen LogP contribution is 2.40. The molecule has 5 heteroatoms. The van der Waals surface area contributed by atoms with Crippen molar-refractivity contribution in [2.24, 2.45) is 0 Å². The number of pyridine rings is 1. The van der Waals surface area contributed by atoms with Crippen LogP contribution >= 0.6 is 0 Å². The van der Waals surface area contributed by atoms with Crippen molar-refractivity contribution < 1.29 is 9.13 Å². The first kappa shape index (κ1) is 15.2. The molecule has 0 bridgehead atoms.